The molecule has 1 aliphatic carbocycles. The van der Waals surface area contributed by atoms with E-state index in [1.54, 1.807) is 0 Å². The molecule has 0 aliphatic heterocycles. The predicted molar refractivity (Wildman–Crippen MR) is 128 cm³/mol. The van der Waals surface area contributed by atoms with Gasteiger partial charge >= 0.3 is 0 Å². The van der Waals surface area contributed by atoms with Crippen LogP contribution >= 0.6 is 0 Å². The zero-order valence-electron chi connectivity index (χ0n) is 18.3. The number of rotatable bonds is 13. The molecule has 0 N–H and O–H groups in total. The molecule has 2 aromatic carbocycles. The van der Waals surface area contributed by atoms with E-state index in [1.807, 2.05) is 0 Å². The average molecular weight is 387 g/mol. The summed E-state index contributed by atoms with van der Waals surface area (Å²) in [6.45, 7) is 6.38. The molecule has 0 unspecified atom stereocenters. The fraction of sp³-hybridized carbons (Fsp3) is 0.448. The molecule has 0 fully saturated rings. The van der Waals surface area contributed by atoms with Gasteiger partial charge in [0.1, 0.15) is 0 Å². The van der Waals surface area contributed by atoms with Crippen LogP contribution in [0.1, 0.15) is 88.7 Å². The molecule has 0 heterocycles. The van der Waals surface area contributed by atoms with Crippen LogP contribution in [0, 0.1) is 0 Å². The highest BCUT2D eigenvalue weighted by Crippen LogP contribution is 2.52. The maximum absolute atomic E-state index is 4.10. The Labute approximate surface area is 178 Å². The molecule has 0 nitrogen and oxygen atoms in total. The first-order valence-corrected chi connectivity index (χ1v) is 11.8. The first kappa shape index (κ1) is 21.6. The molecule has 0 saturated heterocycles. The van der Waals surface area contributed by atoms with E-state index >= 15 is 0 Å². The van der Waals surface area contributed by atoms with E-state index in [0.29, 0.717) is 0 Å². The molecule has 0 spiro atoms. The van der Waals surface area contributed by atoms with E-state index in [9.17, 15) is 0 Å². The van der Waals surface area contributed by atoms with E-state index in [0.717, 1.165) is 12.8 Å². The van der Waals surface area contributed by atoms with Crippen LogP contribution in [-0.4, -0.2) is 0 Å². The van der Waals surface area contributed by atoms with Crippen molar-refractivity contribution in [2.75, 3.05) is 0 Å². The van der Waals surface area contributed by atoms with Crippen LogP contribution in [0.2, 0.25) is 0 Å². The normalized spacial score (nSPS) is 14.1. The van der Waals surface area contributed by atoms with Crippen molar-refractivity contribution in [1.29, 1.82) is 0 Å². The fourth-order valence-corrected chi connectivity index (χ4v) is 4.98. The molecule has 29 heavy (non-hydrogen) atoms. The lowest BCUT2D eigenvalue weighted by atomic mass is 9.73. The Bertz CT molecular complexity index is 750. The van der Waals surface area contributed by atoms with Gasteiger partial charge in [-0.1, -0.05) is 119 Å². The quantitative estimate of drug-likeness (QED) is 0.238. The summed E-state index contributed by atoms with van der Waals surface area (Å²) < 4.78 is 0. The van der Waals surface area contributed by atoms with Gasteiger partial charge in [0, 0.05) is 5.41 Å². The van der Waals surface area contributed by atoms with Gasteiger partial charge in [-0.25, -0.2) is 0 Å². The van der Waals surface area contributed by atoms with Gasteiger partial charge in [0.25, 0.3) is 0 Å². The van der Waals surface area contributed by atoms with Crippen molar-refractivity contribution >= 4 is 0 Å². The van der Waals surface area contributed by atoms with Crippen LogP contribution in [0.15, 0.2) is 73.3 Å². The number of fused-ring (bicyclic) bond motifs is 3. The molecule has 2 aromatic rings. The Kier molecular flexibility index (Phi) is 8.35. The summed E-state index contributed by atoms with van der Waals surface area (Å²) in [7, 11) is 0. The van der Waals surface area contributed by atoms with Gasteiger partial charge in [0.2, 0.25) is 0 Å². The molecule has 0 radical (unpaired) electrons. The Balaban J connectivity index is 1.58. The maximum Gasteiger partial charge on any atom is 0.0283 e. The monoisotopic (exact) mass is 386 g/mol. The fourth-order valence-electron chi connectivity index (χ4n) is 4.98. The summed E-state index contributed by atoms with van der Waals surface area (Å²) in [5.74, 6) is 0. The highest BCUT2D eigenvalue weighted by atomic mass is 14.4. The van der Waals surface area contributed by atoms with Crippen molar-refractivity contribution in [3.8, 4) is 11.1 Å². The van der Waals surface area contributed by atoms with Crippen LogP contribution in [0.4, 0.5) is 0 Å². The first-order valence-electron chi connectivity index (χ1n) is 11.8. The summed E-state index contributed by atoms with van der Waals surface area (Å²) in [5, 5.41) is 0. The van der Waals surface area contributed by atoms with Gasteiger partial charge in [-0.15, -0.1) is 6.58 Å². The summed E-state index contributed by atoms with van der Waals surface area (Å²) >= 11 is 0. The molecule has 0 amide bonds. The molecule has 0 saturated carbocycles. The topological polar surface area (TPSA) is 0 Å². The van der Waals surface area contributed by atoms with E-state index in [1.165, 1.54) is 80.0 Å². The Hall–Kier alpha value is -2.08. The standard InChI is InChI=1S/C29H38/c1-3-5-6-7-8-9-10-11-12-13-18-24-29(23-4-2)27-21-16-14-19-25(27)26-20-15-17-22-28(26)29/h4,13-22H,2-3,5-12,23-24H2,1H3/b18-13+. The molecule has 0 aromatic heterocycles. The van der Waals surface area contributed by atoms with Crippen LogP contribution in [-0.2, 0) is 5.41 Å². The lowest BCUT2D eigenvalue weighted by molar-refractivity contribution is 0.541. The van der Waals surface area contributed by atoms with E-state index in [4.69, 9.17) is 0 Å². The average Bonchev–Trinajstić information content (AvgIpc) is 3.03. The predicted octanol–water partition coefficient (Wildman–Crippen LogP) is 9.01. The molecule has 0 heteroatoms. The second-order valence-electron chi connectivity index (χ2n) is 8.61. The summed E-state index contributed by atoms with van der Waals surface area (Å²) in [6, 6.07) is 17.9. The van der Waals surface area contributed by atoms with Gasteiger partial charge in [0.15, 0.2) is 0 Å². The van der Waals surface area contributed by atoms with Gasteiger partial charge in [-0.2, -0.15) is 0 Å². The molecule has 1 aliphatic rings. The lowest BCUT2D eigenvalue weighted by Crippen LogP contribution is -2.23. The number of unbranched alkanes of at least 4 members (excludes halogenated alkanes) is 8. The number of hydrogen-bond acceptors (Lipinski definition) is 0. The SMILES string of the molecule is C=CCC1(C/C=C/CCCCCCCCCC)c2ccccc2-c2ccccc21. The number of hydrogen-bond donors (Lipinski definition) is 0. The Morgan fingerprint density at radius 1 is 0.690 bits per heavy atom. The summed E-state index contributed by atoms with van der Waals surface area (Å²) in [5.41, 5.74) is 5.79. The van der Waals surface area contributed by atoms with Crippen molar-refractivity contribution in [1.82, 2.24) is 0 Å². The van der Waals surface area contributed by atoms with Crippen LogP contribution in [0.25, 0.3) is 11.1 Å². The Morgan fingerprint density at radius 3 is 1.83 bits per heavy atom. The third-order valence-corrected chi connectivity index (χ3v) is 6.53. The molecular formula is C29H38. The first-order chi connectivity index (χ1) is 14.3. The highest BCUT2D eigenvalue weighted by Gasteiger charge is 2.40. The highest BCUT2D eigenvalue weighted by molar-refractivity contribution is 5.81. The van der Waals surface area contributed by atoms with E-state index in [2.05, 4.69) is 80.3 Å². The summed E-state index contributed by atoms with van der Waals surface area (Å²) in [4.78, 5) is 0. The molecule has 154 valence electrons. The minimum absolute atomic E-state index is 0.0463. The third-order valence-electron chi connectivity index (χ3n) is 6.53. The van der Waals surface area contributed by atoms with E-state index < -0.39 is 0 Å². The largest absolute Gasteiger partial charge is 0.103 e. The van der Waals surface area contributed by atoms with Crippen LogP contribution in [0.3, 0.4) is 0 Å². The zero-order chi connectivity index (χ0) is 20.4. The molecule has 0 atom stereocenters. The van der Waals surface area contributed by atoms with Crippen molar-refractivity contribution in [2.24, 2.45) is 0 Å². The second-order valence-corrected chi connectivity index (χ2v) is 8.61. The smallest absolute Gasteiger partial charge is 0.0283 e. The number of allylic oxidation sites excluding steroid dienone is 3. The van der Waals surface area contributed by atoms with Crippen LogP contribution < -0.4 is 0 Å². The van der Waals surface area contributed by atoms with E-state index in [-0.39, 0.29) is 5.41 Å². The minimum atomic E-state index is 0.0463. The molecular weight excluding hydrogens is 348 g/mol. The zero-order valence-corrected chi connectivity index (χ0v) is 18.3. The Morgan fingerprint density at radius 2 is 1.24 bits per heavy atom. The molecule has 3 rings (SSSR count). The maximum atomic E-state index is 4.10. The number of benzene rings is 2. The van der Waals surface area contributed by atoms with Gasteiger partial charge in [0.05, 0.1) is 0 Å². The van der Waals surface area contributed by atoms with Crippen molar-refractivity contribution in [2.45, 2.75) is 83.0 Å². The third kappa shape index (κ3) is 5.10. The van der Waals surface area contributed by atoms with Gasteiger partial charge in [-0.05, 0) is 47.9 Å². The second kappa shape index (κ2) is 11.2. The van der Waals surface area contributed by atoms with Crippen molar-refractivity contribution in [3.05, 3.63) is 84.5 Å². The summed E-state index contributed by atoms with van der Waals surface area (Å²) in [6.07, 6.45) is 21.3. The van der Waals surface area contributed by atoms with Gasteiger partial charge < -0.3 is 0 Å². The van der Waals surface area contributed by atoms with Crippen molar-refractivity contribution < 1.29 is 0 Å². The molecule has 0 bridgehead atoms. The van der Waals surface area contributed by atoms with Gasteiger partial charge in [-0.3, -0.25) is 0 Å². The van der Waals surface area contributed by atoms with Crippen molar-refractivity contribution in [3.63, 3.8) is 0 Å². The lowest BCUT2D eigenvalue weighted by Gasteiger charge is -2.30. The van der Waals surface area contributed by atoms with Crippen LogP contribution in [0.5, 0.6) is 0 Å². The minimum Gasteiger partial charge on any atom is -0.103 e.